The molecule has 0 bridgehead atoms. The van der Waals surface area contributed by atoms with Gasteiger partial charge in [0.15, 0.2) is 0 Å². The van der Waals surface area contributed by atoms with Gasteiger partial charge < -0.3 is 15.3 Å². The Morgan fingerprint density at radius 2 is 1.71 bits per heavy atom. The first-order valence-electron chi connectivity index (χ1n) is 12.3. The summed E-state index contributed by atoms with van der Waals surface area (Å²) in [5.41, 5.74) is 2.87. The molecule has 3 fully saturated rings. The maximum absolute atomic E-state index is 10.3. The van der Waals surface area contributed by atoms with Gasteiger partial charge in [0, 0.05) is 5.92 Å². The first-order valence-corrected chi connectivity index (χ1v) is 12.3. The number of hydrogen-bond acceptors (Lipinski definition) is 3. The molecule has 0 saturated heterocycles. The first kappa shape index (κ1) is 24.5. The summed E-state index contributed by atoms with van der Waals surface area (Å²) >= 11 is 0. The average Bonchev–Trinajstić information content (AvgIpc) is 3.05. The van der Waals surface area contributed by atoms with Crippen molar-refractivity contribution in [3.05, 3.63) is 47.6 Å². The van der Waals surface area contributed by atoms with Crippen molar-refractivity contribution in [2.45, 2.75) is 97.4 Å². The van der Waals surface area contributed by atoms with Crippen LogP contribution in [0.1, 0.15) is 79.6 Å². The highest BCUT2D eigenvalue weighted by Gasteiger charge is 2.50. The van der Waals surface area contributed by atoms with Gasteiger partial charge in [-0.05, 0) is 87.5 Å². The molecular formula is C28H44O3. The van der Waals surface area contributed by atoms with Crippen molar-refractivity contribution >= 4 is 0 Å². The molecule has 3 saturated carbocycles. The molecule has 31 heavy (non-hydrogen) atoms. The van der Waals surface area contributed by atoms with Gasteiger partial charge in [-0.25, -0.2) is 0 Å². The monoisotopic (exact) mass is 428 g/mol. The predicted molar refractivity (Wildman–Crippen MR) is 128 cm³/mol. The number of aliphatic hydroxyl groups excluding tert-OH is 2. The van der Waals surface area contributed by atoms with Gasteiger partial charge >= 0.3 is 0 Å². The van der Waals surface area contributed by atoms with Crippen LogP contribution in [0.25, 0.3) is 0 Å². The van der Waals surface area contributed by atoms with E-state index in [1.807, 2.05) is 13.8 Å². The van der Waals surface area contributed by atoms with Crippen molar-refractivity contribution in [3.8, 4) is 0 Å². The van der Waals surface area contributed by atoms with Crippen molar-refractivity contribution in [1.29, 1.82) is 0 Å². The zero-order valence-corrected chi connectivity index (χ0v) is 20.3. The Morgan fingerprint density at radius 3 is 2.32 bits per heavy atom. The van der Waals surface area contributed by atoms with Crippen molar-refractivity contribution in [3.63, 3.8) is 0 Å². The normalized spacial score (nSPS) is 39.3. The zero-order chi connectivity index (χ0) is 23.0. The Hall–Kier alpha value is -1.16. The lowest BCUT2D eigenvalue weighted by atomic mass is 9.61. The van der Waals surface area contributed by atoms with Crippen LogP contribution < -0.4 is 0 Å². The minimum atomic E-state index is -0.681. The van der Waals surface area contributed by atoms with Crippen LogP contribution in [-0.4, -0.2) is 33.1 Å². The number of fused-ring (bicyclic) bond motifs is 1. The summed E-state index contributed by atoms with van der Waals surface area (Å²) < 4.78 is 0. The molecule has 0 amide bonds. The topological polar surface area (TPSA) is 60.7 Å². The zero-order valence-electron chi connectivity index (χ0n) is 20.3. The molecular weight excluding hydrogens is 384 g/mol. The SMILES string of the molecule is C=C1[C@H](O)CC(=CC=C2CCC[C@@]3(C)C2CCC3[C@H](C)C=C[C@@H](C)C(C)(C)O)C[C@@H]1O. The average molecular weight is 429 g/mol. The highest BCUT2D eigenvalue weighted by molar-refractivity contribution is 5.29. The molecule has 0 aromatic carbocycles. The molecule has 7 atom stereocenters. The van der Waals surface area contributed by atoms with E-state index in [9.17, 15) is 15.3 Å². The second kappa shape index (κ2) is 9.37. The summed E-state index contributed by atoms with van der Waals surface area (Å²) in [5.74, 6) is 1.94. The molecule has 0 aromatic heterocycles. The number of aliphatic hydroxyl groups is 3. The van der Waals surface area contributed by atoms with Crippen LogP contribution in [0.4, 0.5) is 0 Å². The van der Waals surface area contributed by atoms with E-state index in [0.717, 1.165) is 12.0 Å². The van der Waals surface area contributed by atoms with E-state index < -0.39 is 17.8 Å². The molecule has 3 rings (SSSR count). The fourth-order valence-corrected chi connectivity index (χ4v) is 6.28. The molecule has 0 spiro atoms. The molecule has 3 N–H and O–H groups in total. The summed E-state index contributed by atoms with van der Waals surface area (Å²) in [6.07, 6.45) is 15.1. The lowest BCUT2D eigenvalue weighted by molar-refractivity contribution is 0.0436. The Bertz CT molecular complexity index is 737. The highest BCUT2D eigenvalue weighted by Crippen LogP contribution is 2.59. The summed E-state index contributed by atoms with van der Waals surface area (Å²) in [5, 5.41) is 30.5. The van der Waals surface area contributed by atoms with Gasteiger partial charge in [0.05, 0.1) is 17.8 Å². The molecule has 174 valence electrons. The number of hydrogen-bond donors (Lipinski definition) is 3. The second-order valence-electron chi connectivity index (χ2n) is 11.4. The molecule has 0 aliphatic heterocycles. The molecule has 3 aliphatic carbocycles. The van der Waals surface area contributed by atoms with E-state index in [0.29, 0.717) is 41.6 Å². The Balaban J connectivity index is 1.73. The number of rotatable bonds is 5. The third-order valence-corrected chi connectivity index (χ3v) is 8.79. The molecule has 3 aliphatic rings. The van der Waals surface area contributed by atoms with Crippen LogP contribution >= 0.6 is 0 Å². The molecule has 2 unspecified atom stereocenters. The van der Waals surface area contributed by atoms with E-state index in [2.05, 4.69) is 51.7 Å². The summed E-state index contributed by atoms with van der Waals surface area (Å²) in [6, 6.07) is 0. The Labute approximate surface area is 189 Å². The van der Waals surface area contributed by atoms with Crippen LogP contribution in [0.15, 0.2) is 47.6 Å². The van der Waals surface area contributed by atoms with Crippen LogP contribution in [0.2, 0.25) is 0 Å². The van der Waals surface area contributed by atoms with E-state index >= 15 is 0 Å². The third kappa shape index (κ3) is 5.26. The van der Waals surface area contributed by atoms with Gasteiger partial charge in [0.2, 0.25) is 0 Å². The van der Waals surface area contributed by atoms with Crippen molar-refractivity contribution in [1.82, 2.24) is 0 Å². The van der Waals surface area contributed by atoms with Gasteiger partial charge in [0.25, 0.3) is 0 Å². The predicted octanol–water partition coefficient (Wildman–Crippen LogP) is 5.73. The van der Waals surface area contributed by atoms with Crippen LogP contribution in [-0.2, 0) is 0 Å². The van der Waals surface area contributed by atoms with E-state index in [1.54, 1.807) is 5.57 Å². The minimum absolute atomic E-state index is 0.144. The van der Waals surface area contributed by atoms with Gasteiger partial charge in [-0.15, -0.1) is 0 Å². The summed E-state index contributed by atoms with van der Waals surface area (Å²) in [6.45, 7) is 14.5. The molecule has 0 aromatic rings. The second-order valence-corrected chi connectivity index (χ2v) is 11.4. The van der Waals surface area contributed by atoms with Crippen LogP contribution in [0.5, 0.6) is 0 Å². The fourth-order valence-electron chi connectivity index (χ4n) is 6.28. The molecule has 3 heteroatoms. The van der Waals surface area contributed by atoms with Crippen molar-refractivity contribution in [2.24, 2.45) is 29.1 Å². The fraction of sp³-hybridized carbons (Fsp3) is 0.714. The quantitative estimate of drug-likeness (QED) is 0.490. The first-order chi connectivity index (χ1) is 14.4. The Kier molecular flexibility index (Phi) is 7.40. The molecule has 3 nitrogen and oxygen atoms in total. The maximum Gasteiger partial charge on any atom is 0.0809 e. The van der Waals surface area contributed by atoms with Crippen LogP contribution in [0.3, 0.4) is 0 Å². The molecule has 0 radical (unpaired) electrons. The largest absolute Gasteiger partial charge is 0.390 e. The minimum Gasteiger partial charge on any atom is -0.390 e. The van der Waals surface area contributed by atoms with Crippen LogP contribution in [0, 0.1) is 29.1 Å². The van der Waals surface area contributed by atoms with Gasteiger partial charge in [0.1, 0.15) is 0 Å². The summed E-state index contributed by atoms with van der Waals surface area (Å²) in [4.78, 5) is 0. The van der Waals surface area contributed by atoms with Crippen molar-refractivity contribution in [2.75, 3.05) is 0 Å². The van der Waals surface area contributed by atoms with Gasteiger partial charge in [-0.1, -0.05) is 62.8 Å². The highest BCUT2D eigenvalue weighted by atomic mass is 16.3. The third-order valence-electron chi connectivity index (χ3n) is 8.79. The van der Waals surface area contributed by atoms with Crippen molar-refractivity contribution < 1.29 is 15.3 Å². The lowest BCUT2D eigenvalue weighted by Crippen LogP contribution is -2.35. The summed E-state index contributed by atoms with van der Waals surface area (Å²) in [7, 11) is 0. The number of allylic oxidation sites excluding steroid dienone is 4. The maximum atomic E-state index is 10.3. The van der Waals surface area contributed by atoms with Gasteiger partial charge in [-0.3, -0.25) is 0 Å². The smallest absolute Gasteiger partial charge is 0.0809 e. The van der Waals surface area contributed by atoms with E-state index in [1.165, 1.54) is 25.7 Å². The van der Waals surface area contributed by atoms with E-state index in [4.69, 9.17) is 0 Å². The van der Waals surface area contributed by atoms with Gasteiger partial charge in [-0.2, -0.15) is 0 Å². The Morgan fingerprint density at radius 1 is 1.06 bits per heavy atom. The molecule has 0 heterocycles. The lowest BCUT2D eigenvalue weighted by Gasteiger charge is -2.44. The van der Waals surface area contributed by atoms with E-state index in [-0.39, 0.29) is 5.92 Å². The standard InChI is InChI=1S/C28H44O3/c1-18(9-10-19(2)27(4,5)31)23-13-14-24-22(8-7-15-28(23,24)6)12-11-21-16-25(29)20(3)26(30)17-21/h9-12,18-19,23-26,29-31H,3,7-8,13-17H2,1-2,4-6H3/t18-,19-,23?,24?,25-,26+,28-/m1/s1.